The molecule has 2 rings (SSSR count). The number of hydrogen-bond acceptors (Lipinski definition) is 7. The van der Waals surface area contributed by atoms with E-state index in [2.05, 4.69) is 19.9 Å². The van der Waals surface area contributed by atoms with Crippen molar-refractivity contribution >= 4 is 11.3 Å². The van der Waals surface area contributed by atoms with E-state index in [1.165, 1.54) is 11.3 Å². The van der Waals surface area contributed by atoms with Crippen LogP contribution in [0.3, 0.4) is 0 Å². The fraction of sp³-hybridized carbons (Fsp3) is 0.500. The summed E-state index contributed by atoms with van der Waals surface area (Å²) in [7, 11) is 0. The minimum Gasteiger partial charge on any atom is -0.367 e. The third-order valence-corrected chi connectivity index (χ3v) is 3.13. The lowest BCUT2D eigenvalue weighted by molar-refractivity contribution is -0.168. The van der Waals surface area contributed by atoms with Gasteiger partial charge in [0.1, 0.15) is 23.9 Å². The van der Waals surface area contributed by atoms with Crippen molar-refractivity contribution in [2.75, 3.05) is 6.61 Å². The number of alkyl halides is 4. The zero-order chi connectivity index (χ0) is 15.5. The number of nitrogens with two attached hydrogens (primary N) is 1. The van der Waals surface area contributed by atoms with Crippen LogP contribution in [0, 0.1) is 0 Å². The molecular formula is C10H10F4N4O2S. The Hall–Kier alpha value is -1.59. The molecule has 116 valence electrons. The highest BCUT2D eigenvalue weighted by Crippen LogP contribution is 2.23. The molecule has 0 radical (unpaired) electrons. The summed E-state index contributed by atoms with van der Waals surface area (Å²) < 4.78 is 58.3. The number of aromatic nitrogens is 3. The lowest BCUT2D eigenvalue weighted by Crippen LogP contribution is -2.32. The van der Waals surface area contributed by atoms with E-state index in [9.17, 15) is 17.6 Å². The first-order chi connectivity index (χ1) is 9.92. The average Bonchev–Trinajstić information content (AvgIpc) is 3.06. The van der Waals surface area contributed by atoms with E-state index in [0.717, 1.165) is 0 Å². The second-order valence-corrected chi connectivity index (χ2v) is 4.84. The topological polar surface area (TPSA) is 87.1 Å². The lowest BCUT2D eigenvalue weighted by Gasteiger charge is -2.14. The minimum absolute atomic E-state index is 0.0441. The van der Waals surface area contributed by atoms with Gasteiger partial charge in [0.25, 0.3) is 5.89 Å². The van der Waals surface area contributed by atoms with Gasteiger partial charge in [-0.2, -0.15) is 13.8 Å². The van der Waals surface area contributed by atoms with E-state index in [1.807, 2.05) is 0 Å². The molecule has 2 aromatic rings. The predicted octanol–water partition coefficient (Wildman–Crippen LogP) is 2.07. The molecule has 21 heavy (non-hydrogen) atoms. The van der Waals surface area contributed by atoms with Gasteiger partial charge < -0.3 is 15.0 Å². The van der Waals surface area contributed by atoms with Crippen molar-refractivity contribution in [2.24, 2.45) is 5.73 Å². The standard InChI is InChI=1S/C10H10F4N4O2S/c11-9(12)10(13,14)4-19-2-6-17-8(20-18-6)5-3-21-7(1-15)16-5/h3,9H,1-2,4,15H2. The van der Waals surface area contributed by atoms with Gasteiger partial charge in [0.15, 0.2) is 5.82 Å². The first-order valence-electron chi connectivity index (χ1n) is 5.63. The maximum atomic E-state index is 12.6. The Labute approximate surface area is 119 Å². The van der Waals surface area contributed by atoms with Gasteiger partial charge in [0.2, 0.25) is 0 Å². The SMILES string of the molecule is NCc1nc(-c2nc(COCC(F)(F)C(F)F)no2)cs1. The molecule has 0 fully saturated rings. The van der Waals surface area contributed by atoms with E-state index >= 15 is 0 Å². The lowest BCUT2D eigenvalue weighted by atomic mass is 10.4. The highest BCUT2D eigenvalue weighted by Gasteiger charge is 2.41. The Morgan fingerprint density at radius 1 is 1.38 bits per heavy atom. The molecule has 0 unspecified atom stereocenters. The molecule has 2 heterocycles. The first-order valence-corrected chi connectivity index (χ1v) is 6.51. The Morgan fingerprint density at radius 2 is 2.14 bits per heavy atom. The van der Waals surface area contributed by atoms with Crippen LogP contribution in [0.1, 0.15) is 10.8 Å². The van der Waals surface area contributed by atoms with Crippen LogP contribution >= 0.6 is 11.3 Å². The van der Waals surface area contributed by atoms with E-state index in [-0.39, 0.29) is 18.3 Å². The zero-order valence-corrected chi connectivity index (χ0v) is 11.2. The fourth-order valence-electron chi connectivity index (χ4n) is 1.26. The quantitative estimate of drug-likeness (QED) is 0.784. The van der Waals surface area contributed by atoms with Crippen LogP contribution in [-0.2, 0) is 17.9 Å². The summed E-state index contributed by atoms with van der Waals surface area (Å²) >= 11 is 1.30. The van der Waals surface area contributed by atoms with Crippen LogP contribution in [0.15, 0.2) is 9.90 Å². The normalized spacial score (nSPS) is 12.3. The number of hydrogen-bond donors (Lipinski definition) is 1. The summed E-state index contributed by atoms with van der Waals surface area (Å²) in [6.45, 7) is -1.64. The van der Waals surface area contributed by atoms with Gasteiger partial charge in [0, 0.05) is 11.9 Å². The molecule has 0 amide bonds. The predicted molar refractivity (Wildman–Crippen MR) is 63.9 cm³/mol. The molecule has 0 aliphatic carbocycles. The van der Waals surface area contributed by atoms with Crippen LogP contribution in [0.4, 0.5) is 17.6 Å². The van der Waals surface area contributed by atoms with Gasteiger partial charge in [-0.1, -0.05) is 5.16 Å². The highest BCUT2D eigenvalue weighted by molar-refractivity contribution is 7.09. The summed E-state index contributed by atoms with van der Waals surface area (Å²) in [5, 5.41) is 5.79. The van der Waals surface area contributed by atoms with Crippen LogP contribution in [0.2, 0.25) is 0 Å². The molecule has 6 nitrogen and oxygen atoms in total. The monoisotopic (exact) mass is 326 g/mol. The van der Waals surface area contributed by atoms with E-state index in [4.69, 9.17) is 10.3 Å². The highest BCUT2D eigenvalue weighted by atomic mass is 32.1. The Kier molecular flexibility index (Phi) is 4.85. The Bertz CT molecular complexity index is 589. The maximum Gasteiger partial charge on any atom is 0.330 e. The molecule has 11 heteroatoms. The number of nitrogens with zero attached hydrogens (tertiary/aromatic N) is 3. The summed E-state index contributed by atoms with van der Waals surface area (Å²) in [5.74, 6) is -4.18. The summed E-state index contributed by atoms with van der Waals surface area (Å²) in [6, 6.07) is 0. The van der Waals surface area contributed by atoms with E-state index in [0.29, 0.717) is 10.7 Å². The summed E-state index contributed by atoms with van der Waals surface area (Å²) in [5.41, 5.74) is 5.81. The van der Waals surface area contributed by atoms with Crippen molar-refractivity contribution in [3.8, 4) is 11.6 Å². The van der Waals surface area contributed by atoms with E-state index < -0.39 is 25.6 Å². The second-order valence-electron chi connectivity index (χ2n) is 3.90. The van der Waals surface area contributed by atoms with Crippen molar-refractivity contribution in [1.29, 1.82) is 0 Å². The van der Waals surface area contributed by atoms with Crippen LogP contribution in [0.5, 0.6) is 0 Å². The number of ether oxygens (including phenoxy) is 1. The smallest absolute Gasteiger partial charge is 0.330 e. The molecule has 0 aliphatic rings. The van der Waals surface area contributed by atoms with Crippen LogP contribution in [0.25, 0.3) is 11.6 Å². The molecule has 0 bridgehead atoms. The third kappa shape index (κ3) is 3.95. The Morgan fingerprint density at radius 3 is 2.76 bits per heavy atom. The van der Waals surface area contributed by atoms with Crippen molar-refractivity contribution in [3.05, 3.63) is 16.2 Å². The van der Waals surface area contributed by atoms with E-state index in [1.54, 1.807) is 5.38 Å². The first kappa shape index (κ1) is 15.8. The third-order valence-electron chi connectivity index (χ3n) is 2.26. The molecule has 2 aromatic heterocycles. The van der Waals surface area contributed by atoms with Gasteiger partial charge in [0.05, 0.1) is 0 Å². The van der Waals surface area contributed by atoms with Crippen molar-refractivity contribution in [3.63, 3.8) is 0 Å². The maximum absolute atomic E-state index is 12.6. The minimum atomic E-state index is -4.21. The van der Waals surface area contributed by atoms with Crippen LogP contribution < -0.4 is 5.73 Å². The van der Waals surface area contributed by atoms with Crippen molar-refractivity contribution in [1.82, 2.24) is 15.1 Å². The molecule has 0 saturated carbocycles. The number of halogens is 4. The number of rotatable bonds is 7. The molecule has 0 aromatic carbocycles. The molecule has 0 saturated heterocycles. The summed E-state index contributed by atoms with van der Waals surface area (Å²) in [4.78, 5) is 7.95. The van der Waals surface area contributed by atoms with Gasteiger partial charge in [-0.15, -0.1) is 11.3 Å². The van der Waals surface area contributed by atoms with Gasteiger partial charge in [-0.05, 0) is 0 Å². The van der Waals surface area contributed by atoms with Crippen molar-refractivity contribution < 1.29 is 26.8 Å². The van der Waals surface area contributed by atoms with Gasteiger partial charge >= 0.3 is 12.3 Å². The summed E-state index contributed by atoms with van der Waals surface area (Å²) in [6.07, 6.45) is -3.79. The largest absolute Gasteiger partial charge is 0.367 e. The second kappa shape index (κ2) is 6.45. The average molecular weight is 326 g/mol. The molecule has 2 N–H and O–H groups in total. The van der Waals surface area contributed by atoms with Gasteiger partial charge in [-0.25, -0.2) is 13.8 Å². The van der Waals surface area contributed by atoms with Crippen molar-refractivity contribution in [2.45, 2.75) is 25.5 Å². The van der Waals surface area contributed by atoms with Crippen LogP contribution in [-0.4, -0.2) is 34.1 Å². The number of thiazole rings is 1. The van der Waals surface area contributed by atoms with Gasteiger partial charge in [-0.3, -0.25) is 0 Å². The zero-order valence-electron chi connectivity index (χ0n) is 10.4. The Balaban J connectivity index is 1.92. The molecule has 0 spiro atoms. The molecule has 0 aliphatic heterocycles. The molecule has 0 atom stereocenters. The molecular weight excluding hydrogens is 316 g/mol. The fourth-order valence-corrected chi connectivity index (χ4v) is 1.91.